The Kier molecular flexibility index (Phi) is 2.08. The normalized spacial score (nSPS) is 10.9. The molecule has 0 bridgehead atoms. The first-order valence-corrected chi connectivity index (χ1v) is 3.55. The van der Waals surface area contributed by atoms with E-state index in [9.17, 15) is 0 Å². The lowest BCUT2D eigenvalue weighted by molar-refractivity contribution is 0.476. The second-order valence-electron chi connectivity index (χ2n) is 1.63. The summed E-state index contributed by atoms with van der Waals surface area (Å²) in [6.07, 6.45) is 0.825. The predicted molar refractivity (Wildman–Crippen MR) is 40.5 cm³/mol. The van der Waals surface area contributed by atoms with Crippen molar-refractivity contribution in [2.24, 2.45) is 0 Å². The number of nitrogens with zero attached hydrogens (tertiary/aromatic N) is 1. The van der Waals surface area contributed by atoms with E-state index in [0.717, 1.165) is 11.1 Å². The van der Waals surface area contributed by atoms with E-state index in [1.165, 1.54) is 11.3 Å². The third-order valence-corrected chi connectivity index (χ3v) is 1.94. The third kappa shape index (κ3) is 1.17. The fraction of sp³-hybridized carbons (Fsp3) is 0. The maximum absolute atomic E-state index is 8.52. The van der Waals surface area contributed by atoms with Gasteiger partial charge in [0.25, 0.3) is 0 Å². The Morgan fingerprint density at radius 3 is 3.00 bits per heavy atom. The van der Waals surface area contributed by atoms with Gasteiger partial charge < -0.3 is 5.11 Å². The summed E-state index contributed by atoms with van der Waals surface area (Å²) >= 11 is 1.43. The number of aliphatic hydroxyl groups is 1. The number of allylic oxidation sites excluding steroid dienone is 1. The van der Waals surface area contributed by atoms with Crippen LogP contribution in [-0.2, 0) is 0 Å². The van der Waals surface area contributed by atoms with Crippen LogP contribution in [0.5, 0.6) is 0 Å². The number of thiophene rings is 1. The maximum atomic E-state index is 8.52. The average molecular weight is 151 g/mol. The third-order valence-electron chi connectivity index (χ3n) is 1.04. The fourth-order valence-electron chi connectivity index (χ4n) is 0.579. The minimum Gasteiger partial charge on any atom is -0.514 e. The van der Waals surface area contributed by atoms with Crippen molar-refractivity contribution in [1.82, 2.24) is 0 Å². The summed E-state index contributed by atoms with van der Waals surface area (Å²) in [5.41, 5.74) is 0.315. The zero-order valence-corrected chi connectivity index (χ0v) is 5.93. The Morgan fingerprint density at radius 2 is 2.60 bits per heavy atom. The number of rotatable bonds is 1. The highest BCUT2D eigenvalue weighted by atomic mass is 32.1. The molecular weight excluding hydrogens is 146 g/mol. The molecule has 0 aromatic carbocycles. The topological polar surface area (TPSA) is 44.0 Å². The summed E-state index contributed by atoms with van der Waals surface area (Å²) in [7, 11) is 0. The molecule has 0 saturated carbocycles. The molecule has 0 aliphatic carbocycles. The van der Waals surface area contributed by atoms with E-state index >= 15 is 0 Å². The zero-order valence-electron chi connectivity index (χ0n) is 5.11. The first-order valence-electron chi connectivity index (χ1n) is 2.67. The Bertz CT molecular complexity index is 268. The Hall–Kier alpha value is -1.27. The van der Waals surface area contributed by atoms with Crippen LogP contribution in [0.25, 0.3) is 5.57 Å². The molecule has 0 atom stereocenters. The van der Waals surface area contributed by atoms with Crippen LogP contribution < -0.4 is 0 Å². The zero-order chi connectivity index (χ0) is 7.40. The van der Waals surface area contributed by atoms with Crippen molar-refractivity contribution >= 4 is 16.9 Å². The summed E-state index contributed by atoms with van der Waals surface area (Å²) in [5, 5.41) is 18.8. The summed E-state index contributed by atoms with van der Waals surface area (Å²) in [6.45, 7) is 0. The molecule has 0 aliphatic heterocycles. The Labute approximate surface area is 62.7 Å². The van der Waals surface area contributed by atoms with Crippen LogP contribution in [0.2, 0.25) is 0 Å². The second-order valence-corrected chi connectivity index (χ2v) is 2.58. The van der Waals surface area contributed by atoms with Crippen molar-refractivity contribution in [3.63, 3.8) is 0 Å². The molecule has 1 rings (SSSR count). The SMILES string of the molecule is N#C/C(=C\O)c1cccs1. The van der Waals surface area contributed by atoms with E-state index in [1.54, 1.807) is 6.07 Å². The largest absolute Gasteiger partial charge is 0.514 e. The predicted octanol–water partition coefficient (Wildman–Crippen LogP) is 2.17. The molecule has 0 spiro atoms. The lowest BCUT2D eigenvalue weighted by Gasteiger charge is -1.86. The van der Waals surface area contributed by atoms with Crippen LogP contribution in [0, 0.1) is 11.3 Å². The van der Waals surface area contributed by atoms with E-state index in [-0.39, 0.29) is 0 Å². The van der Waals surface area contributed by atoms with Gasteiger partial charge in [0.15, 0.2) is 0 Å². The van der Waals surface area contributed by atoms with E-state index in [1.807, 2.05) is 17.5 Å². The molecule has 1 aromatic heterocycles. The molecule has 0 aliphatic rings. The van der Waals surface area contributed by atoms with Gasteiger partial charge in [-0.05, 0) is 11.4 Å². The summed E-state index contributed by atoms with van der Waals surface area (Å²) < 4.78 is 0. The number of hydrogen-bond acceptors (Lipinski definition) is 3. The van der Waals surface area contributed by atoms with Crippen molar-refractivity contribution in [2.45, 2.75) is 0 Å². The van der Waals surface area contributed by atoms with Crippen LogP contribution in [0.4, 0.5) is 0 Å². The molecule has 0 amide bonds. The highest BCUT2D eigenvalue weighted by molar-refractivity contribution is 7.11. The van der Waals surface area contributed by atoms with Gasteiger partial charge in [0, 0.05) is 4.88 Å². The van der Waals surface area contributed by atoms with Crippen LogP contribution in [-0.4, -0.2) is 5.11 Å². The molecule has 10 heavy (non-hydrogen) atoms. The quantitative estimate of drug-likeness (QED) is 0.493. The van der Waals surface area contributed by atoms with Crippen LogP contribution in [0.1, 0.15) is 4.88 Å². The Morgan fingerprint density at radius 1 is 1.80 bits per heavy atom. The molecule has 1 aromatic rings. The smallest absolute Gasteiger partial charge is 0.104 e. The van der Waals surface area contributed by atoms with E-state index < -0.39 is 0 Å². The Balaban J connectivity index is 2.99. The van der Waals surface area contributed by atoms with Gasteiger partial charge in [0.2, 0.25) is 0 Å². The van der Waals surface area contributed by atoms with Crippen LogP contribution in [0.3, 0.4) is 0 Å². The summed E-state index contributed by atoms with van der Waals surface area (Å²) in [6, 6.07) is 5.50. The minimum absolute atomic E-state index is 0.315. The van der Waals surface area contributed by atoms with E-state index in [0.29, 0.717) is 5.57 Å². The average Bonchev–Trinajstić information content (AvgIpc) is 2.43. The molecule has 0 saturated heterocycles. The van der Waals surface area contributed by atoms with Crippen LogP contribution in [0.15, 0.2) is 23.8 Å². The van der Waals surface area contributed by atoms with E-state index in [4.69, 9.17) is 10.4 Å². The van der Waals surface area contributed by atoms with Crippen molar-refractivity contribution in [3.8, 4) is 6.07 Å². The van der Waals surface area contributed by atoms with Crippen LogP contribution >= 0.6 is 11.3 Å². The number of aliphatic hydroxyl groups excluding tert-OH is 1. The highest BCUT2D eigenvalue weighted by Crippen LogP contribution is 2.17. The molecule has 3 heteroatoms. The molecule has 1 N–H and O–H groups in total. The first-order chi connectivity index (χ1) is 4.88. The van der Waals surface area contributed by atoms with Gasteiger partial charge in [0.1, 0.15) is 11.6 Å². The monoisotopic (exact) mass is 151 g/mol. The maximum Gasteiger partial charge on any atom is 0.104 e. The molecule has 0 radical (unpaired) electrons. The van der Waals surface area contributed by atoms with Gasteiger partial charge in [-0.1, -0.05) is 6.07 Å². The van der Waals surface area contributed by atoms with Gasteiger partial charge in [-0.25, -0.2) is 0 Å². The molecular formula is C7H5NOS. The van der Waals surface area contributed by atoms with Crippen molar-refractivity contribution in [1.29, 1.82) is 5.26 Å². The number of nitriles is 1. The molecule has 0 unspecified atom stereocenters. The molecule has 2 nitrogen and oxygen atoms in total. The van der Waals surface area contributed by atoms with E-state index in [2.05, 4.69) is 0 Å². The molecule has 0 fully saturated rings. The first kappa shape index (κ1) is 6.84. The number of hydrogen-bond donors (Lipinski definition) is 1. The van der Waals surface area contributed by atoms with Crippen molar-refractivity contribution < 1.29 is 5.11 Å². The lowest BCUT2D eigenvalue weighted by atomic mass is 10.3. The minimum atomic E-state index is 0.315. The van der Waals surface area contributed by atoms with Gasteiger partial charge in [-0.3, -0.25) is 0 Å². The van der Waals surface area contributed by atoms with Gasteiger partial charge in [-0.2, -0.15) is 5.26 Å². The summed E-state index contributed by atoms with van der Waals surface area (Å²) in [4.78, 5) is 0.796. The highest BCUT2D eigenvalue weighted by Gasteiger charge is 1.98. The lowest BCUT2D eigenvalue weighted by Crippen LogP contribution is -1.71. The molecule has 1 heterocycles. The fourth-order valence-corrected chi connectivity index (χ4v) is 1.27. The van der Waals surface area contributed by atoms with Crippen molar-refractivity contribution in [2.75, 3.05) is 0 Å². The second kappa shape index (κ2) is 3.04. The standard InChI is InChI=1S/C7H5NOS/c8-4-6(5-9)7-2-1-3-10-7/h1-3,5,9H/b6-5+. The van der Waals surface area contributed by atoms with Gasteiger partial charge >= 0.3 is 0 Å². The van der Waals surface area contributed by atoms with Gasteiger partial charge in [-0.15, -0.1) is 11.3 Å². The summed E-state index contributed by atoms with van der Waals surface area (Å²) in [5.74, 6) is 0. The van der Waals surface area contributed by atoms with Gasteiger partial charge in [0.05, 0.1) is 6.26 Å². The van der Waals surface area contributed by atoms with Crippen molar-refractivity contribution in [3.05, 3.63) is 28.7 Å². The molecule has 50 valence electrons.